The van der Waals surface area contributed by atoms with E-state index in [2.05, 4.69) is 10.3 Å². The number of nitrogens with two attached hydrogens (primary N) is 1. The highest BCUT2D eigenvalue weighted by molar-refractivity contribution is 7.13. The molecule has 0 aliphatic carbocycles. The molecule has 0 unspecified atom stereocenters. The average molecular weight is 468 g/mol. The SMILES string of the molecule is Nc1ccc(-c2cccs2)cc1NC(=O)c1ccc(/C=C/C(=O)CCCc2ccccn2)cc1. The molecule has 3 N–H and O–H groups in total. The van der Waals surface area contributed by atoms with Crippen molar-refractivity contribution >= 4 is 40.5 Å². The van der Waals surface area contributed by atoms with Crippen LogP contribution in [0.5, 0.6) is 0 Å². The van der Waals surface area contributed by atoms with E-state index in [0.29, 0.717) is 23.4 Å². The van der Waals surface area contributed by atoms with E-state index >= 15 is 0 Å². The molecule has 34 heavy (non-hydrogen) atoms. The fourth-order valence-corrected chi connectivity index (χ4v) is 4.19. The first-order valence-corrected chi connectivity index (χ1v) is 11.9. The van der Waals surface area contributed by atoms with Crippen molar-refractivity contribution in [3.05, 3.63) is 107 Å². The summed E-state index contributed by atoms with van der Waals surface area (Å²) < 4.78 is 0. The fraction of sp³-hybridized carbons (Fsp3) is 0.107. The van der Waals surface area contributed by atoms with Crippen LogP contribution in [0.3, 0.4) is 0 Å². The topological polar surface area (TPSA) is 85.1 Å². The number of allylic oxidation sites excluding steroid dienone is 1. The number of amides is 1. The first-order valence-electron chi connectivity index (χ1n) is 11.0. The molecule has 0 aliphatic rings. The van der Waals surface area contributed by atoms with E-state index in [0.717, 1.165) is 34.5 Å². The molecule has 4 aromatic rings. The third-order valence-electron chi connectivity index (χ3n) is 5.32. The maximum atomic E-state index is 12.7. The fourth-order valence-electron chi connectivity index (χ4n) is 3.46. The average Bonchev–Trinajstić information content (AvgIpc) is 3.40. The van der Waals surface area contributed by atoms with Gasteiger partial charge in [0.15, 0.2) is 5.78 Å². The number of nitrogens with one attached hydrogen (secondary N) is 1. The van der Waals surface area contributed by atoms with Crippen LogP contribution in [-0.4, -0.2) is 16.7 Å². The summed E-state index contributed by atoms with van der Waals surface area (Å²) in [5.41, 5.74) is 10.5. The Morgan fingerprint density at radius 2 is 1.85 bits per heavy atom. The van der Waals surface area contributed by atoms with Gasteiger partial charge in [-0.15, -0.1) is 11.3 Å². The number of rotatable bonds is 9. The van der Waals surface area contributed by atoms with Gasteiger partial charge in [-0.25, -0.2) is 0 Å². The highest BCUT2D eigenvalue weighted by Gasteiger charge is 2.10. The van der Waals surface area contributed by atoms with Crippen molar-refractivity contribution in [1.29, 1.82) is 0 Å². The van der Waals surface area contributed by atoms with Crippen LogP contribution in [0.1, 0.15) is 34.5 Å². The summed E-state index contributed by atoms with van der Waals surface area (Å²) >= 11 is 1.63. The standard InChI is InChI=1S/C28H25N3O2S/c29-25-16-14-22(27-8-4-18-34-27)19-26(25)31-28(33)21-12-9-20(10-13-21)11-15-24(32)7-3-6-23-5-1-2-17-30-23/h1-2,4-5,8-19H,3,6-7,29H2,(H,31,33)/b15-11+. The van der Waals surface area contributed by atoms with Gasteiger partial charge in [0.2, 0.25) is 0 Å². The first-order chi connectivity index (χ1) is 16.6. The Morgan fingerprint density at radius 3 is 2.59 bits per heavy atom. The van der Waals surface area contributed by atoms with Gasteiger partial charge in [-0.3, -0.25) is 14.6 Å². The zero-order valence-electron chi connectivity index (χ0n) is 18.6. The Morgan fingerprint density at radius 1 is 1.00 bits per heavy atom. The highest BCUT2D eigenvalue weighted by Crippen LogP contribution is 2.30. The number of ketones is 1. The van der Waals surface area contributed by atoms with Crippen molar-refractivity contribution in [3.8, 4) is 10.4 Å². The molecule has 0 aliphatic heterocycles. The van der Waals surface area contributed by atoms with E-state index in [1.165, 1.54) is 0 Å². The van der Waals surface area contributed by atoms with E-state index in [1.807, 2.05) is 60.0 Å². The van der Waals surface area contributed by atoms with E-state index in [4.69, 9.17) is 5.73 Å². The minimum absolute atomic E-state index is 0.0684. The van der Waals surface area contributed by atoms with Crippen LogP contribution >= 0.6 is 11.3 Å². The van der Waals surface area contributed by atoms with Crippen LogP contribution in [0.4, 0.5) is 11.4 Å². The smallest absolute Gasteiger partial charge is 0.255 e. The minimum Gasteiger partial charge on any atom is -0.397 e. The molecule has 0 atom stereocenters. The van der Waals surface area contributed by atoms with Gasteiger partial charge in [-0.1, -0.05) is 36.4 Å². The van der Waals surface area contributed by atoms with Crippen LogP contribution in [0.2, 0.25) is 0 Å². The lowest BCUT2D eigenvalue weighted by Crippen LogP contribution is -2.13. The van der Waals surface area contributed by atoms with Crippen molar-refractivity contribution in [1.82, 2.24) is 4.98 Å². The zero-order chi connectivity index (χ0) is 23.8. The van der Waals surface area contributed by atoms with Crippen LogP contribution in [-0.2, 0) is 11.2 Å². The van der Waals surface area contributed by atoms with Gasteiger partial charge < -0.3 is 11.1 Å². The number of carbonyl (C=O) groups is 2. The molecule has 0 spiro atoms. The van der Waals surface area contributed by atoms with E-state index in [9.17, 15) is 9.59 Å². The minimum atomic E-state index is -0.240. The van der Waals surface area contributed by atoms with Crippen molar-refractivity contribution < 1.29 is 9.59 Å². The number of pyridine rings is 1. The van der Waals surface area contributed by atoms with Gasteiger partial charge >= 0.3 is 0 Å². The third-order valence-corrected chi connectivity index (χ3v) is 6.24. The second-order valence-electron chi connectivity index (χ2n) is 7.83. The Balaban J connectivity index is 1.32. The molecule has 0 bridgehead atoms. The molecule has 0 radical (unpaired) electrons. The molecule has 1 amide bonds. The lowest BCUT2D eigenvalue weighted by molar-refractivity contribution is -0.114. The van der Waals surface area contributed by atoms with Crippen molar-refractivity contribution in [2.75, 3.05) is 11.1 Å². The number of nitrogens with zero attached hydrogens (tertiary/aromatic N) is 1. The monoisotopic (exact) mass is 467 g/mol. The van der Waals surface area contributed by atoms with Gasteiger partial charge in [0.1, 0.15) is 0 Å². The summed E-state index contributed by atoms with van der Waals surface area (Å²) in [6.07, 6.45) is 7.14. The lowest BCUT2D eigenvalue weighted by Gasteiger charge is -2.10. The molecule has 2 heterocycles. The van der Waals surface area contributed by atoms with E-state index in [1.54, 1.807) is 47.9 Å². The van der Waals surface area contributed by atoms with Crippen LogP contribution in [0, 0.1) is 0 Å². The van der Waals surface area contributed by atoms with Crippen molar-refractivity contribution in [2.45, 2.75) is 19.3 Å². The summed E-state index contributed by atoms with van der Waals surface area (Å²) in [5, 5.41) is 4.91. The van der Waals surface area contributed by atoms with Crippen molar-refractivity contribution in [3.63, 3.8) is 0 Å². The van der Waals surface area contributed by atoms with Gasteiger partial charge in [0.25, 0.3) is 5.91 Å². The molecular weight excluding hydrogens is 442 g/mol. The normalized spacial score (nSPS) is 10.9. The van der Waals surface area contributed by atoms with Crippen LogP contribution in [0.25, 0.3) is 16.5 Å². The predicted octanol–water partition coefficient (Wildman–Crippen LogP) is 6.25. The molecular formula is C28H25N3O2S. The second kappa shape index (κ2) is 11.2. The first kappa shape index (κ1) is 23.1. The summed E-state index contributed by atoms with van der Waals surface area (Å²) in [5.74, 6) is -0.171. The molecule has 0 fully saturated rings. The second-order valence-corrected chi connectivity index (χ2v) is 8.78. The molecule has 0 saturated carbocycles. The Labute approximate surface area is 203 Å². The number of hydrogen-bond acceptors (Lipinski definition) is 5. The van der Waals surface area contributed by atoms with E-state index in [-0.39, 0.29) is 11.7 Å². The molecule has 5 nitrogen and oxygen atoms in total. The van der Waals surface area contributed by atoms with Gasteiger partial charge in [-0.2, -0.15) is 0 Å². The number of nitrogen functional groups attached to an aromatic ring is 1. The largest absolute Gasteiger partial charge is 0.397 e. The Hall–Kier alpha value is -4.03. The van der Waals surface area contributed by atoms with Gasteiger partial charge in [0, 0.05) is 28.8 Å². The van der Waals surface area contributed by atoms with Crippen LogP contribution in [0.15, 0.2) is 90.4 Å². The number of hydrogen-bond donors (Lipinski definition) is 2. The number of carbonyl (C=O) groups excluding carboxylic acids is 2. The quantitative estimate of drug-likeness (QED) is 0.225. The van der Waals surface area contributed by atoms with Crippen LogP contribution < -0.4 is 11.1 Å². The number of benzene rings is 2. The van der Waals surface area contributed by atoms with Gasteiger partial charge in [0.05, 0.1) is 11.4 Å². The number of aromatic nitrogens is 1. The third kappa shape index (κ3) is 6.27. The molecule has 2 aromatic heterocycles. The van der Waals surface area contributed by atoms with Crippen molar-refractivity contribution in [2.24, 2.45) is 0 Å². The zero-order valence-corrected chi connectivity index (χ0v) is 19.4. The molecule has 170 valence electrons. The maximum Gasteiger partial charge on any atom is 0.255 e. The molecule has 2 aromatic carbocycles. The maximum absolute atomic E-state index is 12.7. The summed E-state index contributed by atoms with van der Waals surface area (Å²) in [4.78, 5) is 30.3. The summed E-state index contributed by atoms with van der Waals surface area (Å²) in [7, 11) is 0. The highest BCUT2D eigenvalue weighted by atomic mass is 32.1. The number of thiophene rings is 1. The number of anilines is 2. The predicted molar refractivity (Wildman–Crippen MR) is 140 cm³/mol. The summed E-state index contributed by atoms with van der Waals surface area (Å²) in [6.45, 7) is 0. The lowest BCUT2D eigenvalue weighted by atomic mass is 10.1. The Bertz CT molecular complexity index is 1280. The van der Waals surface area contributed by atoms with E-state index < -0.39 is 0 Å². The molecule has 4 rings (SSSR count). The molecule has 6 heteroatoms. The Kier molecular flexibility index (Phi) is 7.63. The van der Waals surface area contributed by atoms with Gasteiger partial charge in [-0.05, 0) is 77.9 Å². The summed E-state index contributed by atoms with van der Waals surface area (Å²) in [6, 6.07) is 22.5. The molecule has 0 saturated heterocycles. The number of aryl methyl sites for hydroxylation is 1.